The number of alkyl halides is 3. The zero-order valence-electron chi connectivity index (χ0n) is 14.0. The van der Waals surface area contributed by atoms with E-state index in [1.165, 1.54) is 4.88 Å². The predicted octanol–water partition coefficient (Wildman–Crippen LogP) is 4.48. The van der Waals surface area contributed by atoms with Crippen molar-refractivity contribution in [2.75, 3.05) is 13.6 Å². The van der Waals surface area contributed by atoms with Gasteiger partial charge in [-0.25, -0.2) is 4.98 Å². The van der Waals surface area contributed by atoms with Crippen molar-refractivity contribution in [3.05, 3.63) is 38.5 Å². The number of rotatable bonds is 5. The van der Waals surface area contributed by atoms with Crippen molar-refractivity contribution in [1.82, 2.24) is 15.6 Å². The fraction of sp³-hybridized carbons (Fsp3) is 0.467. The lowest BCUT2D eigenvalue weighted by Crippen LogP contribution is -2.42. The fourth-order valence-corrected chi connectivity index (χ4v) is 3.55. The van der Waals surface area contributed by atoms with Gasteiger partial charge in [-0.1, -0.05) is 19.9 Å². The maximum absolute atomic E-state index is 12.5. The van der Waals surface area contributed by atoms with Crippen LogP contribution in [-0.2, 0) is 18.1 Å². The topological polar surface area (TPSA) is 49.3 Å². The van der Waals surface area contributed by atoms with Gasteiger partial charge in [-0.05, 0) is 11.4 Å². The smallest absolute Gasteiger partial charge is 0.356 e. The number of guanidine groups is 1. The molecule has 2 N–H and O–H groups in total. The average Bonchev–Trinajstić information content (AvgIpc) is 3.18. The van der Waals surface area contributed by atoms with Gasteiger partial charge in [0, 0.05) is 29.3 Å². The van der Waals surface area contributed by atoms with Gasteiger partial charge < -0.3 is 10.6 Å². The molecular formula is C15H20F3IN4S2. The highest BCUT2D eigenvalue weighted by Gasteiger charge is 2.33. The van der Waals surface area contributed by atoms with Gasteiger partial charge in [-0.3, -0.25) is 4.99 Å². The predicted molar refractivity (Wildman–Crippen MR) is 108 cm³/mol. The first-order valence-electron chi connectivity index (χ1n) is 7.22. The Kier molecular flexibility index (Phi) is 8.13. The van der Waals surface area contributed by atoms with Crippen molar-refractivity contribution in [2.24, 2.45) is 4.99 Å². The van der Waals surface area contributed by atoms with Crippen LogP contribution < -0.4 is 10.6 Å². The molecule has 0 spiro atoms. The minimum absolute atomic E-state index is 0. The highest BCUT2D eigenvalue weighted by atomic mass is 127. The first-order valence-corrected chi connectivity index (χ1v) is 8.98. The van der Waals surface area contributed by atoms with Crippen LogP contribution in [-0.4, -0.2) is 24.5 Å². The third kappa shape index (κ3) is 6.41. The third-order valence-corrected chi connectivity index (χ3v) is 5.44. The second-order valence-electron chi connectivity index (χ2n) is 5.76. The van der Waals surface area contributed by atoms with Gasteiger partial charge in [0.1, 0.15) is 5.01 Å². The van der Waals surface area contributed by atoms with Gasteiger partial charge >= 0.3 is 6.18 Å². The highest BCUT2D eigenvalue weighted by molar-refractivity contribution is 14.0. The maximum Gasteiger partial charge on any atom is 0.434 e. The SMILES string of the molecule is CN=C(NCc1nc(C(F)(F)F)cs1)NCC(C)(C)c1cccs1.I. The first kappa shape index (κ1) is 22.2. The normalized spacial score (nSPS) is 12.6. The Hall–Kier alpha value is -0.880. The van der Waals surface area contributed by atoms with Crippen molar-refractivity contribution in [3.8, 4) is 0 Å². The quantitative estimate of drug-likeness (QED) is 0.359. The molecule has 0 amide bonds. The molecule has 140 valence electrons. The summed E-state index contributed by atoms with van der Waals surface area (Å²) in [4.78, 5) is 8.93. The molecule has 0 aliphatic rings. The Morgan fingerprint density at radius 1 is 1.24 bits per heavy atom. The van der Waals surface area contributed by atoms with Gasteiger partial charge in [-0.15, -0.1) is 46.7 Å². The van der Waals surface area contributed by atoms with Crippen molar-refractivity contribution in [2.45, 2.75) is 32.0 Å². The number of thiophene rings is 1. The lowest BCUT2D eigenvalue weighted by molar-refractivity contribution is -0.140. The number of aliphatic imine (C=N–C) groups is 1. The van der Waals surface area contributed by atoms with E-state index in [0.717, 1.165) is 16.7 Å². The summed E-state index contributed by atoms with van der Waals surface area (Å²) in [6, 6.07) is 4.09. The van der Waals surface area contributed by atoms with E-state index in [4.69, 9.17) is 0 Å². The molecule has 2 aromatic rings. The molecule has 0 atom stereocenters. The Bertz CT molecular complexity index is 681. The molecule has 0 fully saturated rings. The lowest BCUT2D eigenvalue weighted by Gasteiger charge is -2.24. The summed E-state index contributed by atoms with van der Waals surface area (Å²) in [6.45, 7) is 5.09. The molecule has 0 bridgehead atoms. The molecule has 0 unspecified atom stereocenters. The molecule has 0 radical (unpaired) electrons. The molecular weight excluding hydrogens is 484 g/mol. The number of hydrogen-bond acceptors (Lipinski definition) is 4. The number of nitrogens with one attached hydrogen (secondary N) is 2. The molecule has 0 aromatic carbocycles. The van der Waals surface area contributed by atoms with Gasteiger partial charge in [0.05, 0.1) is 6.54 Å². The monoisotopic (exact) mass is 504 g/mol. The van der Waals surface area contributed by atoms with Crippen molar-refractivity contribution in [1.29, 1.82) is 0 Å². The molecule has 0 saturated carbocycles. The second kappa shape index (κ2) is 9.17. The van der Waals surface area contributed by atoms with Crippen molar-refractivity contribution >= 4 is 52.6 Å². The highest BCUT2D eigenvalue weighted by Crippen LogP contribution is 2.30. The van der Waals surface area contributed by atoms with Gasteiger partial charge in [-0.2, -0.15) is 13.2 Å². The summed E-state index contributed by atoms with van der Waals surface area (Å²) >= 11 is 2.67. The van der Waals surface area contributed by atoms with E-state index in [0.29, 0.717) is 17.5 Å². The summed E-state index contributed by atoms with van der Waals surface area (Å²) < 4.78 is 37.6. The van der Waals surface area contributed by atoms with Crippen LogP contribution in [0.25, 0.3) is 0 Å². The van der Waals surface area contributed by atoms with Crippen LogP contribution >= 0.6 is 46.7 Å². The van der Waals surface area contributed by atoms with Crippen LogP contribution in [0.4, 0.5) is 13.2 Å². The van der Waals surface area contributed by atoms with E-state index < -0.39 is 11.9 Å². The Labute approximate surface area is 170 Å². The standard InChI is InChI=1S/C15H19F3N4S2.HI/c1-14(2,11-5-4-6-23-11)9-21-13(19-3)20-7-12-22-10(8-24-12)15(16,17)18;/h4-6,8H,7,9H2,1-3H3,(H2,19,20,21);1H. The van der Waals surface area contributed by atoms with Crippen LogP contribution in [0, 0.1) is 0 Å². The van der Waals surface area contributed by atoms with Crippen LogP contribution in [0.5, 0.6) is 0 Å². The van der Waals surface area contributed by atoms with Gasteiger partial charge in [0.15, 0.2) is 11.7 Å². The molecule has 0 aliphatic carbocycles. The lowest BCUT2D eigenvalue weighted by atomic mass is 9.91. The van der Waals surface area contributed by atoms with E-state index in [9.17, 15) is 13.2 Å². The van der Waals surface area contributed by atoms with E-state index >= 15 is 0 Å². The summed E-state index contributed by atoms with van der Waals surface area (Å²) in [6.07, 6.45) is -4.40. The number of hydrogen-bond donors (Lipinski definition) is 2. The summed E-state index contributed by atoms with van der Waals surface area (Å²) in [5.41, 5.74) is -0.928. The number of nitrogens with zero attached hydrogens (tertiary/aromatic N) is 2. The fourth-order valence-electron chi connectivity index (χ4n) is 1.96. The Balaban J connectivity index is 0.00000312. The van der Waals surface area contributed by atoms with Crippen LogP contribution in [0.3, 0.4) is 0 Å². The average molecular weight is 504 g/mol. The Morgan fingerprint density at radius 2 is 1.96 bits per heavy atom. The number of halogens is 4. The largest absolute Gasteiger partial charge is 0.434 e. The van der Waals surface area contributed by atoms with Crippen molar-refractivity contribution < 1.29 is 13.2 Å². The van der Waals surface area contributed by atoms with E-state index in [1.807, 2.05) is 11.4 Å². The number of thiazole rings is 1. The number of aromatic nitrogens is 1. The summed E-state index contributed by atoms with van der Waals surface area (Å²) in [7, 11) is 1.62. The third-order valence-electron chi connectivity index (χ3n) is 3.36. The molecule has 2 heterocycles. The van der Waals surface area contributed by atoms with Crippen LogP contribution in [0.15, 0.2) is 27.9 Å². The van der Waals surface area contributed by atoms with E-state index in [-0.39, 0.29) is 35.9 Å². The molecule has 25 heavy (non-hydrogen) atoms. The summed E-state index contributed by atoms with van der Waals surface area (Å²) in [5, 5.41) is 9.61. The second-order valence-corrected chi connectivity index (χ2v) is 7.66. The molecule has 0 aliphatic heterocycles. The van der Waals surface area contributed by atoms with Crippen LogP contribution in [0.2, 0.25) is 0 Å². The van der Waals surface area contributed by atoms with Crippen LogP contribution in [0.1, 0.15) is 29.4 Å². The minimum atomic E-state index is -4.40. The van der Waals surface area contributed by atoms with E-state index in [1.54, 1.807) is 18.4 Å². The zero-order chi connectivity index (χ0) is 17.8. The molecule has 2 rings (SSSR count). The van der Waals surface area contributed by atoms with Gasteiger partial charge in [0.2, 0.25) is 0 Å². The molecule has 0 saturated heterocycles. The van der Waals surface area contributed by atoms with Gasteiger partial charge in [0.25, 0.3) is 0 Å². The van der Waals surface area contributed by atoms with E-state index in [2.05, 4.69) is 40.5 Å². The molecule has 2 aromatic heterocycles. The zero-order valence-corrected chi connectivity index (χ0v) is 17.9. The minimum Gasteiger partial charge on any atom is -0.356 e. The maximum atomic E-state index is 12.5. The molecule has 4 nitrogen and oxygen atoms in total. The first-order chi connectivity index (χ1) is 11.2. The Morgan fingerprint density at radius 3 is 2.48 bits per heavy atom. The molecule has 10 heteroatoms. The van der Waals surface area contributed by atoms with Crippen molar-refractivity contribution in [3.63, 3.8) is 0 Å². The summed E-state index contributed by atoms with van der Waals surface area (Å²) in [5.74, 6) is 0.531.